The summed E-state index contributed by atoms with van der Waals surface area (Å²) >= 11 is 0. The highest BCUT2D eigenvalue weighted by Gasteiger charge is 2.27. The van der Waals surface area contributed by atoms with Crippen LogP contribution < -0.4 is 5.32 Å². The summed E-state index contributed by atoms with van der Waals surface area (Å²) in [6.45, 7) is 7.73. The molecule has 4 heteroatoms. The number of nitrogens with one attached hydrogen (secondary N) is 1. The smallest absolute Gasteiger partial charge is 0.310 e. The fourth-order valence-corrected chi connectivity index (χ4v) is 2.05. The van der Waals surface area contributed by atoms with Crippen molar-refractivity contribution in [3.8, 4) is 0 Å². The summed E-state index contributed by atoms with van der Waals surface area (Å²) < 4.78 is 0. The third-order valence-electron chi connectivity index (χ3n) is 3.61. The van der Waals surface area contributed by atoms with Gasteiger partial charge in [0.25, 0.3) is 0 Å². The van der Waals surface area contributed by atoms with Crippen molar-refractivity contribution in [2.24, 2.45) is 11.3 Å². The Labute approximate surface area is 132 Å². The summed E-state index contributed by atoms with van der Waals surface area (Å²) in [6.07, 6.45) is 2.10. The zero-order chi connectivity index (χ0) is 16.8. The van der Waals surface area contributed by atoms with E-state index in [0.29, 0.717) is 18.8 Å². The number of aryl methyl sites for hydroxylation is 1. The average Bonchev–Trinajstić information content (AvgIpc) is 2.43. The van der Waals surface area contributed by atoms with Gasteiger partial charge in [-0.3, -0.25) is 9.59 Å². The summed E-state index contributed by atoms with van der Waals surface area (Å²) in [5.74, 6) is -0.386. The molecule has 0 bridgehead atoms. The van der Waals surface area contributed by atoms with Gasteiger partial charge in [-0.25, -0.2) is 0 Å². The standard InChI is InChI=1S/C18H27NO3/c1-13(2)11-15-7-5-14(6-8-15)9-10-16(20)19-12-18(3,4)17(21)22/h5-8,13H,9-12H2,1-4H3,(H,19,20)(H,21,22). The summed E-state index contributed by atoms with van der Waals surface area (Å²) in [7, 11) is 0. The molecule has 0 saturated heterocycles. The SMILES string of the molecule is CC(C)Cc1ccc(CCC(=O)NCC(C)(C)C(=O)O)cc1. The van der Waals surface area contributed by atoms with Crippen LogP contribution >= 0.6 is 0 Å². The molecule has 0 unspecified atom stereocenters. The van der Waals surface area contributed by atoms with Crippen molar-refractivity contribution in [2.75, 3.05) is 6.54 Å². The Kier molecular flexibility index (Phi) is 6.60. The first-order chi connectivity index (χ1) is 10.2. The number of carboxylic acid groups (broad SMARTS) is 1. The van der Waals surface area contributed by atoms with Gasteiger partial charge in [0, 0.05) is 13.0 Å². The van der Waals surface area contributed by atoms with Gasteiger partial charge in [0.2, 0.25) is 5.91 Å². The van der Waals surface area contributed by atoms with Gasteiger partial charge in [-0.2, -0.15) is 0 Å². The molecule has 1 rings (SSSR count). The molecule has 0 spiro atoms. The van der Waals surface area contributed by atoms with Crippen LogP contribution in [0.4, 0.5) is 0 Å². The molecule has 1 amide bonds. The van der Waals surface area contributed by atoms with Crippen LogP contribution in [0.5, 0.6) is 0 Å². The molecule has 2 N–H and O–H groups in total. The summed E-state index contributed by atoms with van der Waals surface area (Å²) in [4.78, 5) is 22.8. The van der Waals surface area contributed by atoms with Crippen LogP contribution in [0.15, 0.2) is 24.3 Å². The van der Waals surface area contributed by atoms with Gasteiger partial charge in [0.05, 0.1) is 5.41 Å². The minimum absolute atomic E-state index is 0.111. The van der Waals surface area contributed by atoms with Crippen LogP contribution in [0.2, 0.25) is 0 Å². The molecule has 1 aromatic carbocycles. The van der Waals surface area contributed by atoms with E-state index in [2.05, 4.69) is 43.4 Å². The number of rotatable bonds is 8. The number of amides is 1. The Balaban J connectivity index is 2.39. The van der Waals surface area contributed by atoms with E-state index < -0.39 is 11.4 Å². The summed E-state index contributed by atoms with van der Waals surface area (Å²) in [5.41, 5.74) is 1.50. The molecule has 0 fully saturated rings. The topological polar surface area (TPSA) is 66.4 Å². The Morgan fingerprint density at radius 3 is 2.18 bits per heavy atom. The van der Waals surface area contributed by atoms with Crippen molar-refractivity contribution < 1.29 is 14.7 Å². The third kappa shape index (κ3) is 6.29. The fraction of sp³-hybridized carbons (Fsp3) is 0.556. The van der Waals surface area contributed by atoms with Gasteiger partial charge in [-0.15, -0.1) is 0 Å². The minimum Gasteiger partial charge on any atom is -0.481 e. The molecular formula is C18H27NO3. The monoisotopic (exact) mass is 305 g/mol. The van der Waals surface area contributed by atoms with Crippen molar-refractivity contribution >= 4 is 11.9 Å². The molecule has 1 aromatic rings. The van der Waals surface area contributed by atoms with E-state index in [1.807, 2.05) is 0 Å². The number of carboxylic acids is 1. The predicted octanol–water partition coefficient (Wildman–Crippen LogP) is 3.04. The second kappa shape index (κ2) is 7.97. The number of hydrogen-bond acceptors (Lipinski definition) is 2. The number of hydrogen-bond donors (Lipinski definition) is 2. The maximum atomic E-state index is 11.8. The molecule has 0 radical (unpaired) electrons. The number of benzene rings is 1. The quantitative estimate of drug-likeness (QED) is 0.776. The molecular weight excluding hydrogens is 278 g/mol. The van der Waals surface area contributed by atoms with E-state index in [4.69, 9.17) is 5.11 Å². The van der Waals surface area contributed by atoms with Crippen molar-refractivity contribution in [1.82, 2.24) is 5.32 Å². The lowest BCUT2D eigenvalue weighted by Gasteiger charge is -2.19. The molecule has 0 aliphatic rings. The predicted molar refractivity (Wildman–Crippen MR) is 87.7 cm³/mol. The zero-order valence-electron chi connectivity index (χ0n) is 14.0. The molecule has 0 atom stereocenters. The Morgan fingerprint density at radius 1 is 1.14 bits per heavy atom. The lowest BCUT2D eigenvalue weighted by atomic mass is 9.94. The second-order valence-corrected chi connectivity index (χ2v) is 6.88. The summed E-state index contributed by atoms with van der Waals surface area (Å²) in [6, 6.07) is 8.35. The molecule has 4 nitrogen and oxygen atoms in total. The van der Waals surface area contributed by atoms with Crippen molar-refractivity contribution in [2.45, 2.75) is 47.0 Å². The van der Waals surface area contributed by atoms with Gasteiger partial charge in [0.1, 0.15) is 0 Å². The normalized spacial score (nSPS) is 11.5. The van der Waals surface area contributed by atoms with Gasteiger partial charge < -0.3 is 10.4 Å². The van der Waals surface area contributed by atoms with Crippen molar-refractivity contribution in [3.63, 3.8) is 0 Å². The zero-order valence-corrected chi connectivity index (χ0v) is 14.0. The number of carbonyl (C=O) groups is 2. The van der Waals surface area contributed by atoms with Crippen LogP contribution in [0.25, 0.3) is 0 Å². The van der Waals surface area contributed by atoms with Gasteiger partial charge in [-0.1, -0.05) is 38.1 Å². The summed E-state index contributed by atoms with van der Waals surface area (Å²) in [5, 5.41) is 11.7. The minimum atomic E-state index is -0.936. The van der Waals surface area contributed by atoms with E-state index >= 15 is 0 Å². The lowest BCUT2D eigenvalue weighted by molar-refractivity contribution is -0.146. The van der Waals surface area contributed by atoms with Crippen molar-refractivity contribution in [1.29, 1.82) is 0 Å². The first-order valence-electron chi connectivity index (χ1n) is 7.78. The first-order valence-corrected chi connectivity index (χ1v) is 7.78. The molecule has 0 aromatic heterocycles. The molecule has 22 heavy (non-hydrogen) atoms. The molecule has 0 aliphatic heterocycles. The molecule has 0 aliphatic carbocycles. The number of aliphatic carboxylic acids is 1. The second-order valence-electron chi connectivity index (χ2n) is 6.88. The third-order valence-corrected chi connectivity index (χ3v) is 3.61. The highest BCUT2D eigenvalue weighted by atomic mass is 16.4. The van der Waals surface area contributed by atoms with Crippen LogP contribution in [0.1, 0.15) is 45.2 Å². The van der Waals surface area contributed by atoms with Crippen LogP contribution in [0, 0.1) is 11.3 Å². The fourth-order valence-electron chi connectivity index (χ4n) is 2.05. The largest absolute Gasteiger partial charge is 0.481 e. The van der Waals surface area contributed by atoms with Crippen LogP contribution in [0.3, 0.4) is 0 Å². The van der Waals surface area contributed by atoms with Crippen LogP contribution in [-0.2, 0) is 22.4 Å². The van der Waals surface area contributed by atoms with Gasteiger partial charge >= 0.3 is 5.97 Å². The maximum absolute atomic E-state index is 11.8. The van der Waals surface area contributed by atoms with E-state index in [0.717, 1.165) is 12.0 Å². The molecule has 122 valence electrons. The van der Waals surface area contributed by atoms with E-state index in [1.54, 1.807) is 13.8 Å². The average molecular weight is 305 g/mol. The molecule has 0 heterocycles. The number of carbonyl (C=O) groups excluding carboxylic acids is 1. The maximum Gasteiger partial charge on any atom is 0.310 e. The van der Waals surface area contributed by atoms with Crippen LogP contribution in [-0.4, -0.2) is 23.5 Å². The Bertz CT molecular complexity index is 504. The van der Waals surface area contributed by atoms with E-state index in [-0.39, 0.29) is 12.5 Å². The van der Waals surface area contributed by atoms with E-state index in [9.17, 15) is 9.59 Å². The highest BCUT2D eigenvalue weighted by molar-refractivity contribution is 5.78. The van der Waals surface area contributed by atoms with Gasteiger partial charge in [0.15, 0.2) is 0 Å². The Hall–Kier alpha value is -1.84. The van der Waals surface area contributed by atoms with Crippen molar-refractivity contribution in [3.05, 3.63) is 35.4 Å². The molecule has 0 saturated carbocycles. The lowest BCUT2D eigenvalue weighted by Crippen LogP contribution is -2.38. The van der Waals surface area contributed by atoms with Gasteiger partial charge in [-0.05, 0) is 43.7 Å². The van der Waals surface area contributed by atoms with E-state index in [1.165, 1.54) is 5.56 Å². The highest BCUT2D eigenvalue weighted by Crippen LogP contribution is 2.14. The first kappa shape index (κ1) is 18.2. The Morgan fingerprint density at radius 2 is 1.68 bits per heavy atom.